The SMILES string of the molecule is CC(NC(=O)COC(=O)CN1C(=O)c2cccc([N+](=O)[O-])c2C1=O)c1ccc2c(c1)CCCC2. The molecule has 1 heterocycles. The van der Waals surface area contributed by atoms with Gasteiger partial charge in [0.25, 0.3) is 23.4 Å². The van der Waals surface area contributed by atoms with Crippen molar-refractivity contribution in [1.82, 2.24) is 10.2 Å². The van der Waals surface area contributed by atoms with E-state index in [0.29, 0.717) is 4.90 Å². The lowest BCUT2D eigenvalue weighted by atomic mass is 9.89. The van der Waals surface area contributed by atoms with Crippen LogP contribution in [0.2, 0.25) is 0 Å². The van der Waals surface area contributed by atoms with Crippen LogP contribution >= 0.6 is 0 Å². The van der Waals surface area contributed by atoms with E-state index in [1.54, 1.807) is 0 Å². The van der Waals surface area contributed by atoms with E-state index in [9.17, 15) is 29.3 Å². The van der Waals surface area contributed by atoms with Crippen molar-refractivity contribution in [1.29, 1.82) is 0 Å². The summed E-state index contributed by atoms with van der Waals surface area (Å²) < 4.78 is 4.94. The summed E-state index contributed by atoms with van der Waals surface area (Å²) in [6.07, 6.45) is 4.41. The number of rotatable bonds is 7. The average Bonchev–Trinajstić information content (AvgIpc) is 3.07. The van der Waals surface area contributed by atoms with Crippen LogP contribution in [0.5, 0.6) is 0 Å². The average molecular weight is 465 g/mol. The molecule has 4 rings (SSSR count). The quantitative estimate of drug-likeness (QED) is 0.287. The molecule has 2 aromatic rings. The lowest BCUT2D eigenvalue weighted by molar-refractivity contribution is -0.385. The van der Waals surface area contributed by atoms with Crippen molar-refractivity contribution in [3.63, 3.8) is 0 Å². The van der Waals surface area contributed by atoms with Crippen LogP contribution in [0.3, 0.4) is 0 Å². The van der Waals surface area contributed by atoms with E-state index in [0.717, 1.165) is 30.9 Å². The topological polar surface area (TPSA) is 136 Å². The number of carbonyl (C=O) groups is 4. The summed E-state index contributed by atoms with van der Waals surface area (Å²) >= 11 is 0. The number of carbonyl (C=O) groups excluding carboxylic acids is 4. The van der Waals surface area contributed by atoms with Gasteiger partial charge in [0, 0.05) is 6.07 Å². The number of amides is 3. The lowest BCUT2D eigenvalue weighted by Gasteiger charge is -2.20. The molecule has 34 heavy (non-hydrogen) atoms. The van der Waals surface area contributed by atoms with Gasteiger partial charge < -0.3 is 10.1 Å². The Labute approximate surface area is 195 Å². The number of nitro benzene ring substituents is 1. The van der Waals surface area contributed by atoms with Gasteiger partial charge in [0.15, 0.2) is 6.61 Å². The molecule has 2 aromatic carbocycles. The number of nitro groups is 1. The molecular formula is C24H23N3O7. The Morgan fingerprint density at radius 3 is 2.59 bits per heavy atom. The van der Waals surface area contributed by atoms with Crippen LogP contribution in [0.4, 0.5) is 5.69 Å². The fourth-order valence-corrected chi connectivity index (χ4v) is 4.32. The van der Waals surface area contributed by atoms with Crippen molar-refractivity contribution >= 4 is 29.4 Å². The monoisotopic (exact) mass is 465 g/mol. The molecule has 0 saturated carbocycles. The highest BCUT2D eigenvalue weighted by molar-refractivity contribution is 6.24. The number of nitrogens with zero attached hydrogens (tertiary/aromatic N) is 2. The maximum Gasteiger partial charge on any atom is 0.326 e. The number of ether oxygens (including phenoxy) is 1. The first-order chi connectivity index (χ1) is 16.3. The van der Waals surface area contributed by atoms with Gasteiger partial charge in [-0.05, 0) is 55.4 Å². The molecule has 1 unspecified atom stereocenters. The summed E-state index contributed by atoms with van der Waals surface area (Å²) in [5, 5.41) is 13.9. The Balaban J connectivity index is 1.31. The predicted octanol–water partition coefficient (Wildman–Crippen LogP) is 2.49. The minimum absolute atomic E-state index is 0.149. The Morgan fingerprint density at radius 2 is 1.85 bits per heavy atom. The molecule has 1 atom stereocenters. The van der Waals surface area contributed by atoms with Gasteiger partial charge in [-0.1, -0.05) is 24.3 Å². The fraction of sp³-hybridized carbons (Fsp3) is 0.333. The summed E-state index contributed by atoms with van der Waals surface area (Å²) in [6.45, 7) is 0.491. The van der Waals surface area contributed by atoms with Crippen LogP contribution in [-0.2, 0) is 27.2 Å². The molecule has 0 aromatic heterocycles. The Kier molecular flexibility index (Phi) is 6.40. The highest BCUT2D eigenvalue weighted by atomic mass is 16.6. The number of benzene rings is 2. The second-order valence-electron chi connectivity index (χ2n) is 8.34. The first-order valence-corrected chi connectivity index (χ1v) is 11.0. The predicted molar refractivity (Wildman–Crippen MR) is 119 cm³/mol. The second-order valence-corrected chi connectivity index (χ2v) is 8.34. The third-order valence-electron chi connectivity index (χ3n) is 6.08. The molecular weight excluding hydrogens is 442 g/mol. The minimum Gasteiger partial charge on any atom is -0.454 e. The summed E-state index contributed by atoms with van der Waals surface area (Å²) in [6, 6.07) is 9.53. The zero-order chi connectivity index (χ0) is 24.4. The molecule has 0 fully saturated rings. The number of fused-ring (bicyclic) bond motifs is 2. The van der Waals surface area contributed by atoms with Gasteiger partial charge in [0.1, 0.15) is 12.1 Å². The van der Waals surface area contributed by atoms with Crippen LogP contribution in [0.15, 0.2) is 36.4 Å². The third-order valence-corrected chi connectivity index (χ3v) is 6.08. The zero-order valence-corrected chi connectivity index (χ0v) is 18.5. The summed E-state index contributed by atoms with van der Waals surface area (Å²) in [4.78, 5) is 60.4. The van der Waals surface area contributed by atoms with Crippen LogP contribution in [0.25, 0.3) is 0 Å². The standard InChI is InChI=1S/C24H23N3O7/c1-14(16-10-9-15-5-2-3-6-17(15)11-16)25-20(28)13-34-21(29)12-26-23(30)18-7-4-8-19(27(32)33)22(18)24(26)31/h4,7-11,14H,2-3,5-6,12-13H2,1H3,(H,25,28). The van der Waals surface area contributed by atoms with Crippen molar-refractivity contribution in [2.24, 2.45) is 0 Å². The van der Waals surface area contributed by atoms with Gasteiger partial charge in [-0.3, -0.25) is 34.2 Å². The number of esters is 1. The molecule has 2 aliphatic rings. The van der Waals surface area contributed by atoms with E-state index in [2.05, 4.69) is 17.4 Å². The normalized spacial score (nSPS) is 15.4. The molecule has 0 spiro atoms. The third kappa shape index (κ3) is 4.52. The maximum absolute atomic E-state index is 12.5. The molecule has 0 radical (unpaired) electrons. The van der Waals surface area contributed by atoms with Crippen molar-refractivity contribution in [3.05, 3.63) is 74.3 Å². The van der Waals surface area contributed by atoms with Gasteiger partial charge >= 0.3 is 5.97 Å². The highest BCUT2D eigenvalue weighted by Gasteiger charge is 2.42. The summed E-state index contributed by atoms with van der Waals surface area (Å²) in [5.74, 6) is -3.29. The van der Waals surface area contributed by atoms with Gasteiger partial charge in [-0.2, -0.15) is 0 Å². The molecule has 1 N–H and O–H groups in total. The molecule has 10 nitrogen and oxygen atoms in total. The van der Waals surface area contributed by atoms with E-state index < -0.39 is 47.5 Å². The zero-order valence-electron chi connectivity index (χ0n) is 18.5. The Hall–Kier alpha value is -4.08. The lowest BCUT2D eigenvalue weighted by Crippen LogP contribution is -2.37. The maximum atomic E-state index is 12.5. The van der Waals surface area contributed by atoms with Crippen molar-refractivity contribution < 1.29 is 28.8 Å². The summed E-state index contributed by atoms with van der Waals surface area (Å²) in [7, 11) is 0. The summed E-state index contributed by atoms with van der Waals surface area (Å²) in [5.41, 5.74) is 2.55. The number of nitrogens with one attached hydrogen (secondary N) is 1. The number of hydrogen-bond acceptors (Lipinski definition) is 7. The first-order valence-electron chi connectivity index (χ1n) is 11.0. The van der Waals surface area contributed by atoms with Crippen LogP contribution in [0, 0.1) is 10.1 Å². The van der Waals surface area contributed by atoms with Crippen LogP contribution in [-0.4, -0.2) is 46.7 Å². The largest absolute Gasteiger partial charge is 0.454 e. The van der Waals surface area contributed by atoms with E-state index in [-0.39, 0.29) is 17.2 Å². The van der Waals surface area contributed by atoms with Crippen LogP contribution < -0.4 is 5.32 Å². The fourth-order valence-electron chi connectivity index (χ4n) is 4.32. The van der Waals surface area contributed by atoms with E-state index in [1.165, 1.54) is 29.7 Å². The minimum atomic E-state index is -0.978. The number of hydrogen-bond donors (Lipinski definition) is 1. The molecule has 1 aliphatic carbocycles. The van der Waals surface area contributed by atoms with Crippen LogP contribution in [0.1, 0.15) is 63.2 Å². The molecule has 3 amide bonds. The Morgan fingerprint density at radius 1 is 1.12 bits per heavy atom. The van der Waals surface area contributed by atoms with Gasteiger partial charge in [-0.25, -0.2) is 0 Å². The molecule has 0 saturated heterocycles. The van der Waals surface area contributed by atoms with Crippen molar-refractivity contribution in [3.8, 4) is 0 Å². The Bertz CT molecular complexity index is 1210. The van der Waals surface area contributed by atoms with Gasteiger partial charge in [0.05, 0.1) is 16.5 Å². The van der Waals surface area contributed by atoms with Gasteiger partial charge in [0.2, 0.25) is 0 Å². The van der Waals surface area contributed by atoms with Crippen molar-refractivity contribution in [2.75, 3.05) is 13.2 Å². The smallest absolute Gasteiger partial charge is 0.326 e. The van der Waals surface area contributed by atoms with Gasteiger partial charge in [-0.15, -0.1) is 0 Å². The first kappa shape index (κ1) is 23.1. The molecule has 176 valence electrons. The van der Waals surface area contributed by atoms with E-state index >= 15 is 0 Å². The number of aryl methyl sites for hydroxylation is 2. The molecule has 10 heteroatoms. The van der Waals surface area contributed by atoms with E-state index in [4.69, 9.17) is 4.74 Å². The molecule has 0 bridgehead atoms. The molecule has 1 aliphatic heterocycles. The highest BCUT2D eigenvalue weighted by Crippen LogP contribution is 2.30. The van der Waals surface area contributed by atoms with Crippen molar-refractivity contribution in [2.45, 2.75) is 38.6 Å². The van der Waals surface area contributed by atoms with E-state index in [1.807, 2.05) is 13.0 Å². The second kappa shape index (κ2) is 9.42. The number of imide groups is 1.